The van der Waals surface area contributed by atoms with Gasteiger partial charge in [0.25, 0.3) is 5.91 Å². The van der Waals surface area contributed by atoms with E-state index < -0.39 is 30.9 Å². The minimum absolute atomic E-state index is 0.123. The predicted molar refractivity (Wildman–Crippen MR) is 94.4 cm³/mol. The van der Waals surface area contributed by atoms with Crippen LogP contribution in [-0.4, -0.2) is 50.9 Å². The molecule has 0 aromatic carbocycles. The third-order valence-electron chi connectivity index (χ3n) is 3.68. The van der Waals surface area contributed by atoms with Crippen LogP contribution in [0.3, 0.4) is 0 Å². The third kappa shape index (κ3) is 7.62. The fourth-order valence-electron chi connectivity index (χ4n) is 2.37. The first kappa shape index (κ1) is 21.0. The summed E-state index contributed by atoms with van der Waals surface area (Å²) in [5, 5.41) is 24.2. The summed E-state index contributed by atoms with van der Waals surface area (Å²) >= 11 is 0. The van der Waals surface area contributed by atoms with Crippen molar-refractivity contribution in [2.24, 2.45) is 5.92 Å². The number of unbranched alkanes of at least 4 members (excludes halogenated alkanes) is 1. The van der Waals surface area contributed by atoms with E-state index in [2.05, 4.69) is 20.6 Å². The van der Waals surface area contributed by atoms with Gasteiger partial charge in [0.05, 0.1) is 12.1 Å². The van der Waals surface area contributed by atoms with E-state index in [0.717, 1.165) is 12.8 Å². The largest absolute Gasteiger partial charge is 0.475 e. The number of carbonyl (C=O) groups is 2. The third-order valence-corrected chi connectivity index (χ3v) is 3.68. The Morgan fingerprint density at radius 1 is 1.24 bits per heavy atom. The lowest BCUT2D eigenvalue weighted by Crippen LogP contribution is -2.54. The van der Waals surface area contributed by atoms with Gasteiger partial charge in [0.1, 0.15) is 11.7 Å². The van der Waals surface area contributed by atoms with E-state index in [4.69, 9.17) is 0 Å². The molecule has 0 bridgehead atoms. The lowest BCUT2D eigenvalue weighted by molar-refractivity contribution is -0.123. The minimum Gasteiger partial charge on any atom is -0.426 e. The lowest BCUT2D eigenvalue weighted by atomic mass is 9.75. The second kappa shape index (κ2) is 10.8. The van der Waals surface area contributed by atoms with Gasteiger partial charge in [0.2, 0.25) is 5.91 Å². The molecule has 1 aromatic heterocycles. The monoisotopic (exact) mass is 350 g/mol. The summed E-state index contributed by atoms with van der Waals surface area (Å²) in [5.74, 6) is -1.54. The average Bonchev–Trinajstić information content (AvgIpc) is 2.57. The summed E-state index contributed by atoms with van der Waals surface area (Å²) in [5.41, 5.74) is 0.123. The van der Waals surface area contributed by atoms with Crippen LogP contribution in [0.5, 0.6) is 0 Å². The maximum atomic E-state index is 12.5. The molecule has 8 nitrogen and oxygen atoms in total. The van der Waals surface area contributed by atoms with Crippen LogP contribution in [0.1, 0.15) is 56.9 Å². The van der Waals surface area contributed by atoms with Crippen molar-refractivity contribution in [2.45, 2.75) is 58.4 Å². The Hall–Kier alpha value is -2.00. The molecule has 0 unspecified atom stereocenters. The summed E-state index contributed by atoms with van der Waals surface area (Å²) in [6.07, 6.45) is 6.65. The van der Waals surface area contributed by atoms with Gasteiger partial charge in [-0.25, -0.2) is 4.98 Å². The van der Waals surface area contributed by atoms with Gasteiger partial charge in [0, 0.05) is 12.4 Å². The maximum absolute atomic E-state index is 12.5. The molecule has 9 heteroatoms. The Morgan fingerprint density at radius 3 is 2.48 bits per heavy atom. The van der Waals surface area contributed by atoms with Crippen molar-refractivity contribution in [3.8, 4) is 0 Å². The second-order valence-corrected chi connectivity index (χ2v) is 6.42. The quantitative estimate of drug-likeness (QED) is 0.450. The molecular formula is C16H27BN4O4. The van der Waals surface area contributed by atoms with E-state index in [1.807, 2.05) is 20.8 Å². The molecule has 2 atom stereocenters. The van der Waals surface area contributed by atoms with Crippen LogP contribution in [0, 0.1) is 5.92 Å². The minimum atomic E-state index is -1.66. The first-order chi connectivity index (χ1) is 11.8. The van der Waals surface area contributed by atoms with Gasteiger partial charge < -0.3 is 20.7 Å². The van der Waals surface area contributed by atoms with Crippen LogP contribution in [0.4, 0.5) is 0 Å². The van der Waals surface area contributed by atoms with Gasteiger partial charge in [-0.15, -0.1) is 0 Å². The number of nitrogens with zero attached hydrogens (tertiary/aromatic N) is 2. The van der Waals surface area contributed by atoms with Crippen LogP contribution in [0.2, 0.25) is 0 Å². The molecule has 0 radical (unpaired) electrons. The molecule has 0 aliphatic rings. The van der Waals surface area contributed by atoms with E-state index in [0.29, 0.717) is 12.8 Å². The summed E-state index contributed by atoms with van der Waals surface area (Å²) in [6.45, 7) is 5.83. The van der Waals surface area contributed by atoms with Crippen LogP contribution in [0.25, 0.3) is 0 Å². The number of carbonyl (C=O) groups excluding carboxylic acids is 2. The molecule has 0 aliphatic carbocycles. The van der Waals surface area contributed by atoms with E-state index in [1.165, 1.54) is 18.6 Å². The number of nitrogens with one attached hydrogen (secondary N) is 2. The van der Waals surface area contributed by atoms with Crippen molar-refractivity contribution < 1.29 is 19.6 Å². The van der Waals surface area contributed by atoms with Crippen molar-refractivity contribution in [1.29, 1.82) is 0 Å². The number of hydrogen-bond donors (Lipinski definition) is 4. The van der Waals surface area contributed by atoms with E-state index in [-0.39, 0.29) is 11.6 Å². The van der Waals surface area contributed by atoms with Crippen molar-refractivity contribution in [3.63, 3.8) is 0 Å². The number of amides is 2. The zero-order chi connectivity index (χ0) is 18.8. The van der Waals surface area contributed by atoms with Crippen molar-refractivity contribution >= 4 is 18.9 Å². The van der Waals surface area contributed by atoms with Gasteiger partial charge in [-0.3, -0.25) is 14.6 Å². The molecule has 1 aromatic rings. The summed E-state index contributed by atoms with van der Waals surface area (Å²) < 4.78 is 0. The molecule has 138 valence electrons. The van der Waals surface area contributed by atoms with Crippen molar-refractivity contribution in [2.75, 3.05) is 0 Å². The first-order valence-corrected chi connectivity index (χ1v) is 8.58. The van der Waals surface area contributed by atoms with Gasteiger partial charge in [0.15, 0.2) is 0 Å². The lowest BCUT2D eigenvalue weighted by Gasteiger charge is -2.24. The Labute approximate surface area is 148 Å². The zero-order valence-electron chi connectivity index (χ0n) is 15.0. The standard InChI is InChI=1S/C16H27BN4O4/c1-4-5-6-12(20-16(23)13-10-18-7-8-19-13)15(22)21-14(17(24)25)9-11(2)3/h7-8,10-12,14,24-25H,4-6,9H2,1-3H3,(H,20,23)(H,21,22)/t12-,14+/m1/s1. The highest BCUT2D eigenvalue weighted by Crippen LogP contribution is 2.08. The fraction of sp³-hybridized carbons (Fsp3) is 0.625. The normalized spacial score (nSPS) is 13.2. The Balaban J connectivity index is 2.78. The van der Waals surface area contributed by atoms with Crippen LogP contribution >= 0.6 is 0 Å². The number of hydrogen-bond acceptors (Lipinski definition) is 6. The van der Waals surface area contributed by atoms with Crippen LogP contribution in [-0.2, 0) is 4.79 Å². The Kier molecular flexibility index (Phi) is 9.08. The van der Waals surface area contributed by atoms with Crippen molar-refractivity contribution in [1.82, 2.24) is 20.6 Å². The molecule has 0 fully saturated rings. The highest BCUT2D eigenvalue weighted by molar-refractivity contribution is 6.43. The SMILES string of the molecule is CCCC[C@@H](NC(=O)c1cnccn1)C(=O)N[C@@H](CC(C)C)B(O)O. The summed E-state index contributed by atoms with van der Waals surface area (Å²) in [4.78, 5) is 32.5. The fourth-order valence-corrected chi connectivity index (χ4v) is 2.37. The van der Waals surface area contributed by atoms with Crippen molar-refractivity contribution in [3.05, 3.63) is 24.3 Å². The molecule has 0 aliphatic heterocycles. The maximum Gasteiger partial charge on any atom is 0.475 e. The average molecular weight is 350 g/mol. The highest BCUT2D eigenvalue weighted by Gasteiger charge is 2.29. The first-order valence-electron chi connectivity index (χ1n) is 8.58. The van der Waals surface area contributed by atoms with Crippen LogP contribution < -0.4 is 10.6 Å². The molecule has 0 saturated carbocycles. The van der Waals surface area contributed by atoms with E-state index >= 15 is 0 Å². The molecule has 2 amide bonds. The van der Waals surface area contributed by atoms with Gasteiger partial charge >= 0.3 is 7.12 Å². The highest BCUT2D eigenvalue weighted by atomic mass is 16.4. The van der Waals surface area contributed by atoms with Gasteiger partial charge in [-0.05, 0) is 18.8 Å². The predicted octanol–water partition coefficient (Wildman–Crippen LogP) is 0.308. The van der Waals surface area contributed by atoms with E-state index in [9.17, 15) is 19.6 Å². The topological polar surface area (TPSA) is 124 Å². The Bertz CT molecular complexity index is 542. The zero-order valence-corrected chi connectivity index (χ0v) is 15.0. The molecule has 25 heavy (non-hydrogen) atoms. The number of aromatic nitrogens is 2. The molecule has 1 heterocycles. The summed E-state index contributed by atoms with van der Waals surface area (Å²) in [7, 11) is -1.66. The number of rotatable bonds is 10. The molecular weight excluding hydrogens is 323 g/mol. The molecule has 0 spiro atoms. The van der Waals surface area contributed by atoms with Crippen LogP contribution in [0.15, 0.2) is 18.6 Å². The second-order valence-electron chi connectivity index (χ2n) is 6.42. The Morgan fingerprint density at radius 2 is 1.96 bits per heavy atom. The van der Waals surface area contributed by atoms with Gasteiger partial charge in [-0.2, -0.15) is 0 Å². The molecule has 1 rings (SSSR count). The molecule has 0 saturated heterocycles. The van der Waals surface area contributed by atoms with E-state index in [1.54, 1.807) is 0 Å². The summed E-state index contributed by atoms with van der Waals surface area (Å²) in [6, 6.07) is -0.775. The smallest absolute Gasteiger partial charge is 0.426 e. The molecule has 4 N–H and O–H groups in total. The van der Waals surface area contributed by atoms with Gasteiger partial charge in [-0.1, -0.05) is 33.6 Å².